The van der Waals surface area contributed by atoms with Crippen LogP contribution in [0.25, 0.3) is 0 Å². The molecule has 2 aromatic carbocycles. The summed E-state index contributed by atoms with van der Waals surface area (Å²) in [6.45, 7) is 6.76. The largest absolute Gasteiger partial charge is 0.508 e. The molecule has 2 heterocycles. The first kappa shape index (κ1) is 21.9. The predicted octanol–water partition coefficient (Wildman–Crippen LogP) is 1.61. The third-order valence-corrected chi connectivity index (χ3v) is 7.61. The summed E-state index contributed by atoms with van der Waals surface area (Å²) in [6, 6.07) is 14.0. The molecule has 2 fully saturated rings. The van der Waals surface area contributed by atoms with Crippen LogP contribution in [0.5, 0.6) is 11.5 Å². The highest BCUT2D eigenvalue weighted by atomic mass is 32.2. The Kier molecular flexibility index (Phi) is 6.96. The number of morpholine rings is 1. The fourth-order valence-corrected chi connectivity index (χ4v) is 5.24. The number of rotatable bonds is 7. The van der Waals surface area contributed by atoms with E-state index in [2.05, 4.69) is 9.80 Å². The van der Waals surface area contributed by atoms with E-state index in [9.17, 15) is 13.5 Å². The number of phenolic OH excluding ortho intramolecular Hbond substituents is 1. The monoisotopic (exact) mass is 447 g/mol. The van der Waals surface area contributed by atoms with E-state index in [4.69, 9.17) is 9.47 Å². The molecular weight excluding hydrogens is 418 g/mol. The van der Waals surface area contributed by atoms with Crippen LogP contribution in [0.2, 0.25) is 0 Å². The van der Waals surface area contributed by atoms with Crippen molar-refractivity contribution in [3.8, 4) is 11.5 Å². The minimum atomic E-state index is -3.48. The van der Waals surface area contributed by atoms with Crippen LogP contribution in [0.1, 0.15) is 0 Å². The molecule has 1 N–H and O–H groups in total. The number of hydrogen-bond donors (Lipinski definition) is 1. The first-order valence-electron chi connectivity index (χ1n) is 10.6. The van der Waals surface area contributed by atoms with Gasteiger partial charge in [-0.25, -0.2) is 8.42 Å². The van der Waals surface area contributed by atoms with Crippen molar-refractivity contribution in [1.29, 1.82) is 0 Å². The number of aromatic hydroxyl groups is 1. The number of hydrogen-bond acceptors (Lipinski definition) is 7. The van der Waals surface area contributed by atoms with E-state index in [-0.39, 0.29) is 10.6 Å². The van der Waals surface area contributed by atoms with Gasteiger partial charge in [-0.2, -0.15) is 4.31 Å². The second-order valence-corrected chi connectivity index (χ2v) is 9.62. The van der Waals surface area contributed by atoms with Crippen LogP contribution >= 0.6 is 0 Å². The SMILES string of the molecule is O=S(=O)(c1ccc(OCCN2CCN(c3ccc(O)cc3)CC2)cc1)N1CCOCC1. The summed E-state index contributed by atoms with van der Waals surface area (Å²) in [7, 11) is -3.48. The van der Waals surface area contributed by atoms with Gasteiger partial charge in [-0.3, -0.25) is 4.90 Å². The number of piperazine rings is 1. The molecule has 168 valence electrons. The molecule has 0 unspecified atom stereocenters. The Morgan fingerprint density at radius 2 is 1.52 bits per heavy atom. The number of sulfonamides is 1. The molecule has 0 spiro atoms. The van der Waals surface area contributed by atoms with E-state index < -0.39 is 10.0 Å². The molecule has 0 amide bonds. The summed E-state index contributed by atoms with van der Waals surface area (Å²) in [4.78, 5) is 4.95. The fraction of sp³-hybridized carbons (Fsp3) is 0.455. The van der Waals surface area contributed by atoms with Crippen LogP contribution in [0.4, 0.5) is 5.69 Å². The predicted molar refractivity (Wildman–Crippen MR) is 118 cm³/mol. The second-order valence-electron chi connectivity index (χ2n) is 7.68. The van der Waals surface area contributed by atoms with E-state index in [0.717, 1.165) is 38.4 Å². The van der Waals surface area contributed by atoms with Crippen LogP contribution in [-0.2, 0) is 14.8 Å². The topological polar surface area (TPSA) is 82.6 Å². The van der Waals surface area contributed by atoms with Gasteiger partial charge in [0.25, 0.3) is 0 Å². The van der Waals surface area contributed by atoms with E-state index in [1.165, 1.54) is 4.31 Å². The van der Waals surface area contributed by atoms with Gasteiger partial charge in [0.15, 0.2) is 0 Å². The summed E-state index contributed by atoms with van der Waals surface area (Å²) < 4.78 is 37.9. The van der Waals surface area contributed by atoms with Crippen LogP contribution in [0.15, 0.2) is 53.4 Å². The summed E-state index contributed by atoms with van der Waals surface area (Å²) in [5, 5.41) is 9.43. The van der Waals surface area contributed by atoms with Crippen molar-refractivity contribution in [1.82, 2.24) is 9.21 Å². The Morgan fingerprint density at radius 1 is 0.871 bits per heavy atom. The quantitative estimate of drug-likeness (QED) is 0.691. The first-order chi connectivity index (χ1) is 15.0. The van der Waals surface area contributed by atoms with Crippen molar-refractivity contribution in [3.05, 3.63) is 48.5 Å². The van der Waals surface area contributed by atoms with Gasteiger partial charge in [-0.15, -0.1) is 0 Å². The van der Waals surface area contributed by atoms with E-state index in [1.54, 1.807) is 36.4 Å². The standard InChI is InChI=1S/C22H29N3O5S/c26-20-3-1-19(2-4-20)24-11-9-23(10-12-24)13-18-30-21-5-7-22(8-6-21)31(27,28)25-14-16-29-17-15-25/h1-8,26H,9-18H2. The lowest BCUT2D eigenvalue weighted by Gasteiger charge is -2.36. The van der Waals surface area contributed by atoms with Crippen molar-refractivity contribution in [2.24, 2.45) is 0 Å². The van der Waals surface area contributed by atoms with E-state index >= 15 is 0 Å². The lowest BCUT2D eigenvalue weighted by atomic mass is 10.2. The third-order valence-electron chi connectivity index (χ3n) is 5.69. The average Bonchev–Trinajstić information content (AvgIpc) is 2.81. The summed E-state index contributed by atoms with van der Waals surface area (Å²) in [6.07, 6.45) is 0. The summed E-state index contributed by atoms with van der Waals surface area (Å²) in [5.41, 5.74) is 1.13. The van der Waals surface area contributed by atoms with Gasteiger partial charge < -0.3 is 19.5 Å². The van der Waals surface area contributed by atoms with Crippen molar-refractivity contribution >= 4 is 15.7 Å². The Labute approximate surface area is 183 Å². The molecule has 0 aliphatic carbocycles. The van der Waals surface area contributed by atoms with Crippen molar-refractivity contribution < 1.29 is 23.0 Å². The Bertz CT molecular complexity index is 936. The zero-order valence-corrected chi connectivity index (χ0v) is 18.3. The molecule has 0 radical (unpaired) electrons. The highest BCUT2D eigenvalue weighted by Crippen LogP contribution is 2.21. The molecule has 4 rings (SSSR count). The zero-order valence-electron chi connectivity index (χ0n) is 17.5. The maximum Gasteiger partial charge on any atom is 0.243 e. The van der Waals surface area contributed by atoms with Crippen molar-refractivity contribution in [2.45, 2.75) is 4.90 Å². The maximum absolute atomic E-state index is 12.7. The van der Waals surface area contributed by atoms with E-state index in [0.29, 0.717) is 38.7 Å². The minimum Gasteiger partial charge on any atom is -0.508 e. The molecule has 2 aliphatic heterocycles. The molecule has 31 heavy (non-hydrogen) atoms. The smallest absolute Gasteiger partial charge is 0.243 e. The Hall–Kier alpha value is -2.33. The Balaban J connectivity index is 1.22. The van der Waals surface area contributed by atoms with Gasteiger partial charge in [-0.05, 0) is 48.5 Å². The van der Waals surface area contributed by atoms with Crippen LogP contribution in [0, 0.1) is 0 Å². The molecule has 2 aromatic rings. The van der Waals surface area contributed by atoms with E-state index in [1.807, 2.05) is 12.1 Å². The summed E-state index contributed by atoms with van der Waals surface area (Å²) in [5.74, 6) is 0.954. The molecule has 0 aromatic heterocycles. The molecule has 2 aliphatic rings. The summed E-state index contributed by atoms with van der Waals surface area (Å²) >= 11 is 0. The molecule has 0 saturated carbocycles. The third kappa shape index (κ3) is 5.48. The molecule has 8 nitrogen and oxygen atoms in total. The lowest BCUT2D eigenvalue weighted by molar-refractivity contribution is 0.0730. The fourth-order valence-electron chi connectivity index (χ4n) is 3.83. The number of anilines is 1. The molecule has 0 bridgehead atoms. The molecule has 0 atom stereocenters. The number of ether oxygens (including phenoxy) is 2. The molecule has 9 heteroatoms. The van der Waals surface area contributed by atoms with Gasteiger partial charge in [0.1, 0.15) is 18.1 Å². The highest BCUT2D eigenvalue weighted by Gasteiger charge is 2.26. The zero-order chi connectivity index (χ0) is 21.7. The maximum atomic E-state index is 12.7. The number of phenols is 1. The van der Waals surface area contributed by atoms with Crippen LogP contribution in [-0.4, -0.2) is 88.4 Å². The van der Waals surface area contributed by atoms with Gasteiger partial charge in [0.2, 0.25) is 10.0 Å². The van der Waals surface area contributed by atoms with Gasteiger partial charge in [0, 0.05) is 51.5 Å². The van der Waals surface area contributed by atoms with Gasteiger partial charge in [-0.1, -0.05) is 0 Å². The van der Waals surface area contributed by atoms with Crippen molar-refractivity contribution in [3.63, 3.8) is 0 Å². The molecule has 2 saturated heterocycles. The highest BCUT2D eigenvalue weighted by molar-refractivity contribution is 7.89. The Morgan fingerprint density at radius 3 is 2.16 bits per heavy atom. The van der Waals surface area contributed by atoms with Crippen LogP contribution in [0.3, 0.4) is 0 Å². The number of benzene rings is 2. The van der Waals surface area contributed by atoms with Crippen molar-refractivity contribution in [2.75, 3.05) is 70.5 Å². The lowest BCUT2D eigenvalue weighted by Crippen LogP contribution is -2.47. The number of nitrogens with zero attached hydrogens (tertiary/aromatic N) is 3. The van der Waals surface area contributed by atoms with Gasteiger partial charge >= 0.3 is 0 Å². The van der Waals surface area contributed by atoms with Gasteiger partial charge in [0.05, 0.1) is 18.1 Å². The second kappa shape index (κ2) is 9.86. The normalized spacial score (nSPS) is 18.8. The average molecular weight is 448 g/mol. The first-order valence-corrected chi connectivity index (χ1v) is 12.0. The van der Waals surface area contributed by atoms with Crippen LogP contribution < -0.4 is 9.64 Å². The molecular formula is C22H29N3O5S. The minimum absolute atomic E-state index is 0.284.